The van der Waals surface area contributed by atoms with Crippen LogP contribution in [-0.2, 0) is 19.7 Å². The molecule has 0 fully saturated rings. The number of rotatable bonds is 7. The van der Waals surface area contributed by atoms with Crippen LogP contribution in [-0.4, -0.2) is 69.2 Å². The lowest BCUT2D eigenvalue weighted by Gasteiger charge is -1.89. The zero-order valence-corrected chi connectivity index (χ0v) is 24.8. The molecule has 0 radical (unpaired) electrons. The molecule has 0 amide bonds. The van der Waals surface area contributed by atoms with Gasteiger partial charge in [-0.1, -0.05) is 57.2 Å². The Hall–Kier alpha value is -1.27. The summed E-state index contributed by atoms with van der Waals surface area (Å²) in [7, 11) is 3.05. The minimum atomic E-state index is -3.13. The molecule has 0 rings (SSSR count). The SMILES string of the molecule is C=C(C)CN.C=C(CC)CN.C=C(CC)CN.CCN.CN.CNOC.CON.CS(=O)(=O)NN. The molecule has 0 saturated heterocycles. The molecule has 14 heteroatoms. The third kappa shape index (κ3) is 191. The van der Waals surface area contributed by atoms with Crippen LogP contribution in [0.25, 0.3) is 0 Å². The van der Waals surface area contributed by atoms with Gasteiger partial charge in [0, 0.05) is 26.7 Å². The zero-order valence-electron chi connectivity index (χ0n) is 23.9. The molecule has 0 aliphatic rings. The van der Waals surface area contributed by atoms with Gasteiger partial charge in [0.15, 0.2) is 0 Å². The highest BCUT2D eigenvalue weighted by Gasteiger charge is 1.89. The predicted octanol–water partition coefficient (Wildman–Crippen LogP) is -0.433. The summed E-state index contributed by atoms with van der Waals surface area (Å²) in [6.45, 7) is 21.4. The Kier molecular flexibility index (Phi) is 91.3. The fourth-order valence-electron chi connectivity index (χ4n) is 0.289. The highest BCUT2D eigenvalue weighted by atomic mass is 32.2. The van der Waals surface area contributed by atoms with E-state index >= 15 is 0 Å². The number of hydrogen-bond acceptors (Lipinski definition) is 12. The molecule has 220 valence electrons. The summed E-state index contributed by atoms with van der Waals surface area (Å²) in [6, 6.07) is 0. The Balaban J connectivity index is -0.0000000406. The smallest absolute Gasteiger partial charge is 0.221 e. The molecule has 0 heterocycles. The van der Waals surface area contributed by atoms with Gasteiger partial charge in [0.25, 0.3) is 0 Å². The van der Waals surface area contributed by atoms with Gasteiger partial charge in [-0.15, -0.1) is 0 Å². The van der Waals surface area contributed by atoms with Gasteiger partial charge in [0.2, 0.25) is 10.0 Å². The predicted molar refractivity (Wildman–Crippen MR) is 155 cm³/mol. The van der Waals surface area contributed by atoms with E-state index in [1.165, 1.54) is 14.2 Å². The fourth-order valence-corrected chi connectivity index (χ4v) is 0.289. The van der Waals surface area contributed by atoms with Gasteiger partial charge in [0.1, 0.15) is 0 Å². The van der Waals surface area contributed by atoms with Crippen molar-refractivity contribution < 1.29 is 18.1 Å². The van der Waals surface area contributed by atoms with Crippen LogP contribution < -0.4 is 50.7 Å². The minimum absolute atomic E-state index is 0.611. The van der Waals surface area contributed by atoms with Gasteiger partial charge in [-0.05, 0) is 33.4 Å². The topological polar surface area (TPSA) is 259 Å². The van der Waals surface area contributed by atoms with Crippen molar-refractivity contribution in [1.29, 1.82) is 0 Å². The molecule has 0 bridgehead atoms. The number of sulfonamides is 1. The lowest BCUT2D eigenvalue weighted by molar-refractivity contribution is 0.112. The van der Waals surface area contributed by atoms with Crippen molar-refractivity contribution in [2.45, 2.75) is 40.5 Å². The summed E-state index contributed by atoms with van der Waals surface area (Å²) < 4.78 is 19.5. The molecule has 0 unspecified atom stereocenters. The van der Waals surface area contributed by atoms with E-state index in [4.69, 9.17) is 22.9 Å². The zero-order chi connectivity index (χ0) is 30.3. The number of nitrogens with one attached hydrogen (secondary N) is 2. The summed E-state index contributed by atoms with van der Waals surface area (Å²) in [6.07, 6.45) is 3.00. The van der Waals surface area contributed by atoms with Gasteiger partial charge in [-0.2, -0.15) is 4.83 Å². The Morgan fingerprint density at radius 3 is 1.03 bits per heavy atom. The van der Waals surface area contributed by atoms with Crippen LogP contribution in [0.5, 0.6) is 0 Å². The molecule has 0 aromatic rings. The molecular weight excluding hydrogens is 474 g/mol. The maximum Gasteiger partial charge on any atom is 0.221 e. The van der Waals surface area contributed by atoms with Gasteiger partial charge in [0.05, 0.1) is 20.5 Å². The summed E-state index contributed by atoms with van der Waals surface area (Å²) >= 11 is 0. The lowest BCUT2D eigenvalue weighted by Crippen LogP contribution is -2.28. The highest BCUT2D eigenvalue weighted by Crippen LogP contribution is 1.89. The lowest BCUT2D eigenvalue weighted by atomic mass is 10.2. The molecular formula is C21H61N9O4S. The monoisotopic (exact) mass is 535 g/mol. The van der Waals surface area contributed by atoms with Crippen LogP contribution in [0.15, 0.2) is 36.5 Å². The summed E-state index contributed by atoms with van der Waals surface area (Å²) in [4.78, 5) is 9.62. The van der Waals surface area contributed by atoms with E-state index in [1.54, 1.807) is 19.0 Å². The maximum absolute atomic E-state index is 9.76. The van der Waals surface area contributed by atoms with Crippen molar-refractivity contribution in [3.05, 3.63) is 36.5 Å². The van der Waals surface area contributed by atoms with E-state index in [0.717, 1.165) is 42.4 Å². The van der Waals surface area contributed by atoms with Gasteiger partial charge < -0.3 is 38.3 Å². The van der Waals surface area contributed by atoms with Gasteiger partial charge in [-0.3, -0.25) is 5.84 Å². The first-order valence-corrected chi connectivity index (χ1v) is 12.5. The largest absolute Gasteiger partial charge is 0.333 e. The highest BCUT2D eigenvalue weighted by molar-refractivity contribution is 7.88. The Morgan fingerprint density at radius 1 is 0.857 bits per heavy atom. The van der Waals surface area contributed by atoms with E-state index in [2.05, 4.69) is 66.2 Å². The average molecular weight is 536 g/mol. The first-order valence-electron chi connectivity index (χ1n) is 10.7. The average Bonchev–Trinajstić information content (AvgIpc) is 2.85. The summed E-state index contributed by atoms with van der Waals surface area (Å²) in [5, 5.41) is 0. The molecule has 0 spiro atoms. The van der Waals surface area contributed by atoms with Crippen molar-refractivity contribution in [1.82, 2.24) is 10.3 Å². The van der Waals surface area contributed by atoms with E-state index in [0.29, 0.717) is 19.6 Å². The van der Waals surface area contributed by atoms with Crippen LogP contribution in [0.3, 0.4) is 0 Å². The van der Waals surface area contributed by atoms with E-state index in [9.17, 15) is 8.42 Å². The minimum Gasteiger partial charge on any atom is -0.333 e. The Morgan fingerprint density at radius 2 is 1.03 bits per heavy atom. The fraction of sp³-hybridized carbons (Fsp3) is 0.714. The third-order valence-corrected chi connectivity index (χ3v) is 2.77. The first kappa shape index (κ1) is 54.6. The number of hydrazine groups is 1. The molecule has 0 aliphatic heterocycles. The number of hydroxylamine groups is 1. The van der Waals surface area contributed by atoms with Gasteiger partial charge >= 0.3 is 0 Å². The molecule has 16 N–H and O–H groups in total. The van der Waals surface area contributed by atoms with Crippen LogP contribution in [0.2, 0.25) is 0 Å². The molecule has 0 aromatic heterocycles. The second kappa shape index (κ2) is 58.5. The summed E-state index contributed by atoms with van der Waals surface area (Å²) in [5.41, 5.74) is 30.5. The van der Waals surface area contributed by atoms with E-state index < -0.39 is 10.0 Å². The van der Waals surface area contributed by atoms with Crippen molar-refractivity contribution in [2.24, 2.45) is 40.4 Å². The molecule has 13 nitrogen and oxygen atoms in total. The number of hydrogen-bond donors (Lipinski definition) is 9. The molecule has 35 heavy (non-hydrogen) atoms. The standard InChI is InChI=1S/2C5H11N.C4H9N.C2H7NO.C2H7N.CH6N2O2S.CH5NO.CH5N/c2*1-3-5(2)4-6;1-4(2)3-5;1-3-4-2;1-2-3;1-6(4,5)3-2;1-3-2;1-2/h2*2-4,6H2,1H3;1,3,5H2,2H3;3H,1-2H3;2-3H2,1H3;3H,2H2,1H3;2H2,1H3;2H2,1H3. The quantitative estimate of drug-likeness (QED) is 0.114. The van der Waals surface area contributed by atoms with Crippen LogP contribution in [0.1, 0.15) is 40.5 Å². The third-order valence-electron chi connectivity index (χ3n) is 2.34. The van der Waals surface area contributed by atoms with Crippen molar-refractivity contribution >= 4 is 10.0 Å². The van der Waals surface area contributed by atoms with E-state index in [-0.39, 0.29) is 0 Å². The van der Waals surface area contributed by atoms with Gasteiger partial charge in [-0.25, -0.2) is 19.8 Å². The maximum atomic E-state index is 9.76. The molecule has 0 aromatic carbocycles. The van der Waals surface area contributed by atoms with Crippen molar-refractivity contribution in [2.75, 3.05) is 60.7 Å². The number of nitrogens with two attached hydrogens (primary N) is 7. The van der Waals surface area contributed by atoms with Crippen LogP contribution >= 0.6 is 0 Å². The normalized spacial score (nSPS) is 8.00. The molecule has 0 saturated carbocycles. The Bertz CT molecular complexity index is 447. The summed E-state index contributed by atoms with van der Waals surface area (Å²) in [5.74, 6) is 8.81. The second-order valence-corrected chi connectivity index (χ2v) is 7.50. The molecule has 0 aliphatic carbocycles. The van der Waals surface area contributed by atoms with Crippen molar-refractivity contribution in [3.8, 4) is 0 Å². The van der Waals surface area contributed by atoms with E-state index in [1.807, 2.05) is 13.8 Å². The Labute approximate surface area is 216 Å². The first-order chi connectivity index (χ1) is 16.2. The van der Waals surface area contributed by atoms with Crippen molar-refractivity contribution in [3.63, 3.8) is 0 Å². The van der Waals surface area contributed by atoms with Crippen LogP contribution in [0, 0.1) is 0 Å². The van der Waals surface area contributed by atoms with Crippen LogP contribution in [0.4, 0.5) is 0 Å². The molecule has 0 atom stereocenters. The second-order valence-electron chi connectivity index (χ2n) is 5.72.